The van der Waals surface area contributed by atoms with Crippen LogP contribution in [-0.2, 0) is 30.8 Å². The molecule has 1 aromatic carbocycles. The second-order valence-corrected chi connectivity index (χ2v) is 8.18. The highest BCUT2D eigenvalue weighted by molar-refractivity contribution is 7.89. The van der Waals surface area contributed by atoms with Crippen LogP contribution in [0.5, 0.6) is 0 Å². The van der Waals surface area contributed by atoms with Crippen molar-refractivity contribution >= 4 is 21.8 Å². The maximum Gasteiger partial charge on any atom is 0.238 e. The molecule has 2 amide bonds. The monoisotopic (exact) mass is 397 g/mol. The average molecular weight is 397 g/mol. The highest BCUT2D eigenvalue weighted by Crippen LogP contribution is 2.14. The van der Waals surface area contributed by atoms with Gasteiger partial charge in [-0.3, -0.25) is 9.59 Å². The van der Waals surface area contributed by atoms with Crippen molar-refractivity contribution in [1.82, 2.24) is 10.2 Å². The molecule has 9 heteroatoms. The summed E-state index contributed by atoms with van der Waals surface area (Å²) in [5, 5.41) is 7.97. The highest BCUT2D eigenvalue weighted by atomic mass is 32.2. The Morgan fingerprint density at radius 3 is 2.37 bits per heavy atom. The molecule has 0 bridgehead atoms. The average Bonchev–Trinajstić information content (AvgIpc) is 2.64. The Morgan fingerprint density at radius 2 is 1.81 bits per heavy atom. The van der Waals surface area contributed by atoms with Gasteiger partial charge in [0.2, 0.25) is 21.8 Å². The Labute approximate surface area is 160 Å². The molecule has 1 heterocycles. The summed E-state index contributed by atoms with van der Waals surface area (Å²) in [6.07, 6.45) is 2.05. The molecule has 0 aromatic heterocycles. The Kier molecular flexibility index (Phi) is 7.76. The second-order valence-electron chi connectivity index (χ2n) is 6.62. The molecule has 2 rings (SSSR count). The highest BCUT2D eigenvalue weighted by Gasteiger charge is 2.21. The summed E-state index contributed by atoms with van der Waals surface area (Å²) in [7, 11) is -3.71. The van der Waals surface area contributed by atoms with Crippen molar-refractivity contribution < 1.29 is 22.7 Å². The van der Waals surface area contributed by atoms with Gasteiger partial charge in [-0.2, -0.15) is 0 Å². The lowest BCUT2D eigenvalue weighted by atomic mass is 9.99. The molecule has 0 radical (unpaired) electrons. The zero-order valence-electron chi connectivity index (χ0n) is 15.5. The van der Waals surface area contributed by atoms with Crippen LogP contribution in [0.2, 0.25) is 0 Å². The van der Waals surface area contributed by atoms with E-state index in [2.05, 4.69) is 5.32 Å². The Bertz CT molecular complexity index is 743. The minimum atomic E-state index is -3.71. The molecule has 0 spiro atoms. The predicted octanol–water partition coefficient (Wildman–Crippen LogP) is 0.268. The zero-order chi connectivity index (χ0) is 19.9. The topological polar surface area (TPSA) is 119 Å². The Balaban J connectivity index is 1.79. The van der Waals surface area contributed by atoms with Gasteiger partial charge in [-0.1, -0.05) is 12.1 Å². The number of hydrogen-bond acceptors (Lipinski definition) is 5. The van der Waals surface area contributed by atoms with Gasteiger partial charge in [-0.05, 0) is 37.0 Å². The van der Waals surface area contributed by atoms with Crippen LogP contribution in [0.4, 0.5) is 0 Å². The number of carbonyl (C=O) groups excluding carboxylic acids is 2. The van der Waals surface area contributed by atoms with Crippen LogP contribution in [-0.4, -0.2) is 58.0 Å². The van der Waals surface area contributed by atoms with Crippen molar-refractivity contribution in [3.63, 3.8) is 0 Å². The Morgan fingerprint density at radius 1 is 1.19 bits per heavy atom. The van der Waals surface area contributed by atoms with Crippen LogP contribution in [0.15, 0.2) is 29.2 Å². The maximum atomic E-state index is 12.1. The number of nitrogens with two attached hydrogens (primary N) is 1. The molecule has 1 fully saturated rings. The molecule has 1 aromatic rings. The van der Waals surface area contributed by atoms with Gasteiger partial charge in [0.05, 0.1) is 4.90 Å². The summed E-state index contributed by atoms with van der Waals surface area (Å²) in [5.41, 5.74) is 0.903. The van der Waals surface area contributed by atoms with E-state index in [1.807, 2.05) is 0 Å². The molecule has 8 nitrogen and oxygen atoms in total. The number of amides is 2. The van der Waals surface area contributed by atoms with E-state index in [0.717, 1.165) is 18.4 Å². The fourth-order valence-electron chi connectivity index (χ4n) is 2.95. The lowest BCUT2D eigenvalue weighted by molar-refractivity contribution is -0.131. The molecule has 150 valence electrons. The lowest BCUT2D eigenvalue weighted by Crippen LogP contribution is -2.41. The van der Waals surface area contributed by atoms with E-state index in [4.69, 9.17) is 9.88 Å². The van der Waals surface area contributed by atoms with E-state index in [1.165, 1.54) is 19.1 Å². The summed E-state index contributed by atoms with van der Waals surface area (Å²) in [6.45, 7) is 4.03. The quantitative estimate of drug-likeness (QED) is 0.653. The summed E-state index contributed by atoms with van der Waals surface area (Å²) in [6, 6.07) is 6.28. The van der Waals surface area contributed by atoms with Gasteiger partial charge in [0.25, 0.3) is 0 Å². The van der Waals surface area contributed by atoms with Gasteiger partial charge < -0.3 is 15.0 Å². The van der Waals surface area contributed by atoms with Gasteiger partial charge in [-0.25, -0.2) is 13.6 Å². The Hall–Kier alpha value is -1.97. The van der Waals surface area contributed by atoms with Crippen LogP contribution in [0, 0.1) is 5.92 Å². The molecule has 27 heavy (non-hydrogen) atoms. The zero-order valence-corrected chi connectivity index (χ0v) is 16.3. The molecule has 1 aliphatic heterocycles. The maximum absolute atomic E-state index is 12.1. The first kappa shape index (κ1) is 21.3. The van der Waals surface area contributed by atoms with Crippen LogP contribution in [0.25, 0.3) is 0 Å². The number of ether oxygens (including phenoxy) is 1. The molecule has 0 aliphatic carbocycles. The summed E-state index contributed by atoms with van der Waals surface area (Å²) < 4.78 is 27.8. The third-order valence-electron chi connectivity index (χ3n) is 4.64. The van der Waals surface area contributed by atoms with E-state index in [-0.39, 0.29) is 22.6 Å². The van der Waals surface area contributed by atoms with E-state index in [9.17, 15) is 18.0 Å². The van der Waals surface area contributed by atoms with E-state index in [0.29, 0.717) is 39.3 Å². The summed E-state index contributed by atoms with van der Waals surface area (Å²) in [4.78, 5) is 25.7. The summed E-state index contributed by atoms with van der Waals surface area (Å²) in [5.74, 6) is -0.0706. The van der Waals surface area contributed by atoms with Gasteiger partial charge in [-0.15, -0.1) is 0 Å². The van der Waals surface area contributed by atoms with Gasteiger partial charge in [0.15, 0.2) is 0 Å². The van der Waals surface area contributed by atoms with E-state index >= 15 is 0 Å². The van der Waals surface area contributed by atoms with Crippen molar-refractivity contribution in [1.29, 1.82) is 0 Å². The number of nitrogens with zero attached hydrogens (tertiary/aromatic N) is 1. The van der Waals surface area contributed by atoms with Gasteiger partial charge >= 0.3 is 0 Å². The number of benzene rings is 1. The molecular formula is C18H27N3O5S. The number of primary sulfonamides is 1. The van der Waals surface area contributed by atoms with Gasteiger partial charge in [0.1, 0.15) is 0 Å². The largest absolute Gasteiger partial charge is 0.381 e. The number of sulfonamides is 1. The van der Waals surface area contributed by atoms with Crippen molar-refractivity contribution in [3.05, 3.63) is 29.8 Å². The molecular weight excluding hydrogens is 370 g/mol. The normalized spacial score (nSPS) is 15.3. The van der Waals surface area contributed by atoms with Gasteiger partial charge in [0, 0.05) is 45.7 Å². The van der Waals surface area contributed by atoms with Crippen LogP contribution in [0.3, 0.4) is 0 Å². The van der Waals surface area contributed by atoms with Crippen molar-refractivity contribution in [3.8, 4) is 0 Å². The number of hydrogen-bond donors (Lipinski definition) is 2. The fourth-order valence-corrected chi connectivity index (χ4v) is 3.47. The molecule has 1 saturated heterocycles. The number of carbonyl (C=O) groups is 2. The first-order valence-corrected chi connectivity index (χ1v) is 10.5. The molecule has 0 atom stereocenters. The second kappa shape index (κ2) is 9.82. The number of rotatable bonds is 8. The minimum absolute atomic E-state index is 0.0122. The summed E-state index contributed by atoms with van der Waals surface area (Å²) >= 11 is 0. The fraction of sp³-hybridized carbons (Fsp3) is 0.556. The van der Waals surface area contributed by atoms with Crippen LogP contribution in [0.1, 0.15) is 25.3 Å². The standard InChI is InChI=1S/C18H27N3O5S/c1-14(22)21(11-9-20-18(23)16-7-12-26-13-8-16)10-6-15-2-4-17(5-3-15)27(19,24)25/h2-5,16H,6-13H2,1H3,(H,20,23)(H2,19,24,25). The van der Waals surface area contributed by atoms with Crippen molar-refractivity contribution in [2.45, 2.75) is 31.1 Å². The third kappa shape index (κ3) is 6.93. The number of nitrogens with one attached hydrogen (secondary N) is 1. The lowest BCUT2D eigenvalue weighted by Gasteiger charge is -2.24. The van der Waals surface area contributed by atoms with Crippen molar-refractivity contribution in [2.75, 3.05) is 32.8 Å². The van der Waals surface area contributed by atoms with Crippen LogP contribution < -0.4 is 10.5 Å². The SMILES string of the molecule is CC(=O)N(CCNC(=O)C1CCOCC1)CCc1ccc(S(N)(=O)=O)cc1. The predicted molar refractivity (Wildman–Crippen MR) is 100 cm³/mol. The first-order valence-electron chi connectivity index (χ1n) is 9.00. The molecule has 0 unspecified atom stereocenters. The third-order valence-corrected chi connectivity index (χ3v) is 5.57. The molecule has 3 N–H and O–H groups in total. The van der Waals surface area contributed by atoms with Crippen molar-refractivity contribution in [2.24, 2.45) is 11.1 Å². The van der Waals surface area contributed by atoms with E-state index < -0.39 is 10.0 Å². The first-order chi connectivity index (χ1) is 12.8. The minimum Gasteiger partial charge on any atom is -0.381 e. The molecule has 0 saturated carbocycles. The molecule has 1 aliphatic rings. The smallest absolute Gasteiger partial charge is 0.238 e. The van der Waals surface area contributed by atoms with E-state index in [1.54, 1.807) is 17.0 Å². The van der Waals surface area contributed by atoms with Crippen LogP contribution >= 0.6 is 0 Å².